The van der Waals surface area contributed by atoms with Gasteiger partial charge >= 0.3 is 18.3 Å². The number of alkyl halides is 3. The van der Waals surface area contributed by atoms with Crippen molar-refractivity contribution in [2.24, 2.45) is 0 Å². The number of aromatic nitrogens is 4. The molecule has 13 heteroatoms. The molecule has 4 heterocycles. The first-order chi connectivity index (χ1) is 20.8. The topological polar surface area (TPSA) is 106 Å². The van der Waals surface area contributed by atoms with Gasteiger partial charge in [0.2, 0.25) is 0 Å². The Morgan fingerprint density at radius 3 is 2.41 bits per heavy atom. The minimum Gasteiger partial charge on any atom is -0.444 e. The summed E-state index contributed by atoms with van der Waals surface area (Å²) in [4.78, 5) is 30.5. The molecule has 0 spiro atoms. The minimum absolute atomic E-state index is 0.177. The fourth-order valence-corrected chi connectivity index (χ4v) is 4.81. The third kappa shape index (κ3) is 8.29. The average Bonchev–Trinajstić information content (AvgIpc) is 3.64. The average molecular weight is 614 g/mol. The monoisotopic (exact) mass is 613 g/mol. The number of halogens is 3. The number of pyridine rings is 1. The van der Waals surface area contributed by atoms with E-state index in [2.05, 4.69) is 15.4 Å². The van der Waals surface area contributed by atoms with E-state index in [1.807, 2.05) is 80.5 Å². The van der Waals surface area contributed by atoms with Gasteiger partial charge in [0.25, 0.3) is 0 Å². The third-order valence-electron chi connectivity index (χ3n) is 6.80. The van der Waals surface area contributed by atoms with Crippen molar-refractivity contribution in [1.82, 2.24) is 29.4 Å². The number of anilines is 1. The highest BCUT2D eigenvalue weighted by Crippen LogP contribution is 2.29. The number of hydrogen-bond acceptors (Lipinski definition) is 5. The smallest absolute Gasteiger partial charge is 0.410 e. The van der Waals surface area contributed by atoms with E-state index in [0.717, 1.165) is 35.2 Å². The fourth-order valence-electron chi connectivity index (χ4n) is 4.81. The number of likely N-dealkylation sites (tertiary alicyclic amines) is 1. The SMILES string of the molecule is CC.CC(C)(C)OC(=O)N1CCC(n2cc(-c3ccn4c(-c5cccc(NC(=O)NCC(F)(F)F)c5)cnc4c3)cn2)CC1. The number of nitrogens with one attached hydrogen (secondary N) is 2. The molecule has 236 valence electrons. The molecular weight excluding hydrogens is 575 g/mol. The first kappa shape index (κ1) is 32.4. The molecule has 0 unspecified atom stereocenters. The van der Waals surface area contributed by atoms with Crippen LogP contribution in [0.2, 0.25) is 0 Å². The zero-order chi connectivity index (χ0) is 32.1. The second-order valence-electron chi connectivity index (χ2n) is 11.2. The molecule has 0 atom stereocenters. The summed E-state index contributed by atoms with van der Waals surface area (Å²) in [6.07, 6.45) is 4.18. The Morgan fingerprint density at radius 2 is 1.73 bits per heavy atom. The molecule has 44 heavy (non-hydrogen) atoms. The Kier molecular flexibility index (Phi) is 9.85. The minimum atomic E-state index is -4.49. The molecule has 10 nitrogen and oxygen atoms in total. The van der Waals surface area contributed by atoms with Crippen molar-refractivity contribution in [2.45, 2.75) is 65.3 Å². The van der Waals surface area contributed by atoms with Gasteiger partial charge in [-0.2, -0.15) is 18.3 Å². The Balaban J connectivity index is 0.00000216. The number of hydrogen-bond donors (Lipinski definition) is 2. The number of rotatable bonds is 5. The first-order valence-corrected chi connectivity index (χ1v) is 14.6. The maximum Gasteiger partial charge on any atom is 0.410 e. The number of carbonyl (C=O) groups excluding carboxylic acids is 2. The second-order valence-corrected chi connectivity index (χ2v) is 11.2. The summed E-state index contributed by atoms with van der Waals surface area (Å²) in [5.41, 5.74) is 3.88. The van der Waals surface area contributed by atoms with Gasteiger partial charge in [0.15, 0.2) is 0 Å². The van der Waals surface area contributed by atoms with E-state index in [4.69, 9.17) is 4.74 Å². The Labute approximate surface area is 254 Å². The molecule has 3 amide bonds. The van der Waals surface area contributed by atoms with Crippen molar-refractivity contribution in [3.05, 3.63) is 61.2 Å². The summed E-state index contributed by atoms with van der Waals surface area (Å²) >= 11 is 0. The summed E-state index contributed by atoms with van der Waals surface area (Å²) in [7, 11) is 0. The maximum absolute atomic E-state index is 12.4. The first-order valence-electron chi connectivity index (χ1n) is 14.6. The molecule has 4 aromatic rings. The van der Waals surface area contributed by atoms with E-state index < -0.39 is 24.4 Å². The van der Waals surface area contributed by atoms with Gasteiger partial charge in [-0.25, -0.2) is 14.6 Å². The van der Waals surface area contributed by atoms with Gasteiger partial charge in [0.05, 0.1) is 24.1 Å². The van der Waals surface area contributed by atoms with Crippen molar-refractivity contribution in [3.8, 4) is 22.4 Å². The molecule has 0 saturated carbocycles. The van der Waals surface area contributed by atoms with Crippen LogP contribution in [0.4, 0.5) is 28.4 Å². The number of carbonyl (C=O) groups is 2. The number of imidazole rings is 1. The molecule has 1 aliphatic heterocycles. The number of amides is 3. The molecule has 1 aromatic carbocycles. The normalized spacial score (nSPS) is 14.1. The summed E-state index contributed by atoms with van der Waals surface area (Å²) in [5, 5.41) is 8.81. The summed E-state index contributed by atoms with van der Waals surface area (Å²) in [6.45, 7) is 9.36. The van der Waals surface area contributed by atoms with E-state index in [-0.39, 0.29) is 12.1 Å². The molecule has 0 bridgehead atoms. The number of urea groups is 1. The van der Waals surface area contributed by atoms with Crippen LogP contribution in [0, 0.1) is 0 Å². The van der Waals surface area contributed by atoms with E-state index >= 15 is 0 Å². The van der Waals surface area contributed by atoms with Crippen LogP contribution < -0.4 is 10.6 Å². The number of nitrogens with zero attached hydrogens (tertiary/aromatic N) is 5. The molecule has 1 aliphatic rings. The lowest BCUT2D eigenvalue weighted by Gasteiger charge is -2.33. The van der Waals surface area contributed by atoms with Crippen LogP contribution in [0.1, 0.15) is 53.5 Å². The quantitative estimate of drug-likeness (QED) is 0.249. The van der Waals surface area contributed by atoms with Gasteiger partial charge in [-0.05, 0) is 63.4 Å². The number of fused-ring (bicyclic) bond motifs is 1. The van der Waals surface area contributed by atoms with Gasteiger partial charge < -0.3 is 20.3 Å². The predicted molar refractivity (Wildman–Crippen MR) is 162 cm³/mol. The van der Waals surface area contributed by atoms with Crippen LogP contribution in [0.15, 0.2) is 61.2 Å². The Morgan fingerprint density at radius 1 is 1.00 bits per heavy atom. The lowest BCUT2D eigenvalue weighted by Crippen LogP contribution is -2.42. The van der Waals surface area contributed by atoms with E-state index in [9.17, 15) is 22.8 Å². The van der Waals surface area contributed by atoms with Crippen LogP contribution in [0.3, 0.4) is 0 Å². The summed E-state index contributed by atoms with van der Waals surface area (Å²) < 4.78 is 46.5. The summed E-state index contributed by atoms with van der Waals surface area (Å²) in [5.74, 6) is 0. The molecular formula is C31H38F3N7O3. The Bertz CT molecular complexity index is 1580. The standard InChI is InChI=1S/C29H32F3N7O3.C2H6/c1-28(2,3)42-27(41)37-10-8-23(9-11-37)39-17-21(15-35-39)19-7-12-38-24(16-33-25(38)14-19)20-5-4-6-22(13-20)36-26(40)34-18-29(30,31)32;1-2/h4-7,12-17,23H,8-11,18H2,1-3H3,(H2,34,36,40);1-2H3. The zero-order valence-electron chi connectivity index (χ0n) is 25.5. The number of ether oxygens (including phenoxy) is 1. The van der Waals surface area contributed by atoms with E-state index in [0.29, 0.717) is 24.4 Å². The maximum atomic E-state index is 12.4. The highest BCUT2D eigenvalue weighted by molar-refractivity contribution is 5.90. The zero-order valence-corrected chi connectivity index (χ0v) is 25.5. The molecule has 0 aliphatic carbocycles. The molecule has 3 aromatic heterocycles. The lowest BCUT2D eigenvalue weighted by molar-refractivity contribution is -0.122. The highest BCUT2D eigenvalue weighted by Gasteiger charge is 2.29. The number of piperidine rings is 1. The molecule has 5 rings (SSSR count). The third-order valence-corrected chi connectivity index (χ3v) is 6.80. The van der Waals surface area contributed by atoms with Gasteiger partial charge in [-0.3, -0.25) is 9.08 Å². The predicted octanol–water partition coefficient (Wildman–Crippen LogP) is 7.15. The van der Waals surface area contributed by atoms with Crippen LogP contribution >= 0.6 is 0 Å². The lowest BCUT2D eigenvalue weighted by atomic mass is 10.1. The molecule has 1 fully saturated rings. The van der Waals surface area contributed by atoms with Crippen LogP contribution in [-0.2, 0) is 4.74 Å². The van der Waals surface area contributed by atoms with Gasteiger partial charge in [0.1, 0.15) is 17.8 Å². The van der Waals surface area contributed by atoms with Crippen molar-refractivity contribution in [2.75, 3.05) is 25.0 Å². The van der Waals surface area contributed by atoms with Crippen LogP contribution in [-0.4, -0.2) is 67.6 Å². The van der Waals surface area contributed by atoms with Gasteiger partial charge in [0, 0.05) is 42.3 Å². The van der Waals surface area contributed by atoms with Crippen molar-refractivity contribution < 1.29 is 27.5 Å². The number of benzene rings is 1. The van der Waals surface area contributed by atoms with Gasteiger partial charge in [-0.1, -0.05) is 26.0 Å². The van der Waals surface area contributed by atoms with E-state index in [1.54, 1.807) is 34.6 Å². The van der Waals surface area contributed by atoms with Crippen molar-refractivity contribution in [1.29, 1.82) is 0 Å². The largest absolute Gasteiger partial charge is 0.444 e. The molecule has 1 saturated heterocycles. The highest BCUT2D eigenvalue weighted by atomic mass is 19.4. The molecule has 2 N–H and O–H groups in total. The fraction of sp³-hybridized carbons (Fsp3) is 0.419. The van der Waals surface area contributed by atoms with E-state index in [1.165, 1.54) is 0 Å². The summed E-state index contributed by atoms with van der Waals surface area (Å²) in [6, 6.07) is 9.93. The van der Waals surface area contributed by atoms with Crippen molar-refractivity contribution in [3.63, 3.8) is 0 Å². The van der Waals surface area contributed by atoms with Crippen LogP contribution in [0.25, 0.3) is 28.0 Å². The second kappa shape index (κ2) is 13.4. The van der Waals surface area contributed by atoms with Gasteiger partial charge in [-0.15, -0.1) is 0 Å². The van der Waals surface area contributed by atoms with Crippen molar-refractivity contribution >= 4 is 23.5 Å². The Hall–Kier alpha value is -4.55. The van der Waals surface area contributed by atoms with Crippen LogP contribution in [0.5, 0.6) is 0 Å². The molecule has 0 radical (unpaired) electrons.